The first-order valence-corrected chi connectivity index (χ1v) is 6.72. The third-order valence-electron chi connectivity index (χ3n) is 2.85. The van der Waals surface area contributed by atoms with E-state index in [1.165, 1.54) is 6.07 Å². The fraction of sp³-hybridized carbons (Fsp3) is 0.143. The summed E-state index contributed by atoms with van der Waals surface area (Å²) < 4.78 is 6.55. The summed E-state index contributed by atoms with van der Waals surface area (Å²) in [7, 11) is 0. The number of hydrogen-bond acceptors (Lipinski definition) is 4. The molecule has 0 spiro atoms. The van der Waals surface area contributed by atoms with Crippen LogP contribution in [0, 0.1) is 17.0 Å². The lowest BCUT2D eigenvalue weighted by molar-refractivity contribution is -0.385. The third kappa shape index (κ3) is 3.15. The molecule has 0 saturated carbocycles. The normalized spacial score (nSPS) is 10.3. The molecule has 104 valence electrons. The lowest BCUT2D eigenvalue weighted by Gasteiger charge is -2.09. The highest BCUT2D eigenvalue weighted by Crippen LogP contribution is 2.29. The van der Waals surface area contributed by atoms with Crippen molar-refractivity contribution in [2.75, 3.05) is 0 Å². The number of aryl methyl sites for hydroxylation is 1. The summed E-state index contributed by atoms with van der Waals surface area (Å²) in [5.74, 6) is 1.20. The van der Waals surface area contributed by atoms with Gasteiger partial charge < -0.3 is 10.5 Å². The van der Waals surface area contributed by atoms with E-state index in [0.29, 0.717) is 23.6 Å². The highest BCUT2D eigenvalue weighted by atomic mass is 79.9. The summed E-state index contributed by atoms with van der Waals surface area (Å²) in [6.45, 7) is 2.12. The second kappa shape index (κ2) is 6.02. The van der Waals surface area contributed by atoms with E-state index in [2.05, 4.69) is 15.9 Å². The Bertz CT molecular complexity index is 659. The number of benzene rings is 2. The highest BCUT2D eigenvalue weighted by Gasteiger charge is 2.11. The van der Waals surface area contributed by atoms with Crippen LogP contribution in [0.1, 0.15) is 11.1 Å². The number of hydrogen-bond donors (Lipinski definition) is 1. The average Bonchev–Trinajstić information content (AvgIpc) is 2.38. The number of halogens is 1. The van der Waals surface area contributed by atoms with Crippen molar-refractivity contribution in [3.05, 3.63) is 62.1 Å². The molecule has 0 unspecified atom stereocenters. The van der Waals surface area contributed by atoms with Crippen LogP contribution in [0.5, 0.6) is 11.5 Å². The molecule has 0 heterocycles. The molecule has 0 aromatic heterocycles. The van der Waals surface area contributed by atoms with Crippen LogP contribution in [-0.2, 0) is 6.54 Å². The Labute approximate surface area is 124 Å². The van der Waals surface area contributed by atoms with Crippen LogP contribution >= 0.6 is 15.9 Å². The number of nitrogens with two attached hydrogens (primary N) is 1. The van der Waals surface area contributed by atoms with Gasteiger partial charge in [-0.05, 0) is 36.8 Å². The SMILES string of the molecule is Cc1cc(Oc2ccc(CN)c(Br)c2)ccc1[N+](=O)[O-]. The maximum absolute atomic E-state index is 10.8. The molecule has 0 aliphatic carbocycles. The predicted octanol–water partition coefficient (Wildman–Crippen LogP) is 3.92. The summed E-state index contributed by atoms with van der Waals surface area (Å²) in [5, 5.41) is 10.8. The van der Waals surface area contributed by atoms with Crippen molar-refractivity contribution in [3.63, 3.8) is 0 Å². The van der Waals surface area contributed by atoms with Crippen molar-refractivity contribution < 1.29 is 9.66 Å². The van der Waals surface area contributed by atoms with Crippen LogP contribution in [-0.4, -0.2) is 4.92 Å². The molecule has 0 saturated heterocycles. The molecule has 2 aromatic rings. The van der Waals surface area contributed by atoms with Crippen molar-refractivity contribution in [2.45, 2.75) is 13.5 Å². The Hall–Kier alpha value is -1.92. The Morgan fingerprint density at radius 1 is 1.25 bits per heavy atom. The standard InChI is InChI=1S/C14H13BrN2O3/c1-9-6-11(4-5-14(9)17(18)19)20-12-3-2-10(8-16)13(15)7-12/h2-7H,8,16H2,1H3. The second-order valence-corrected chi connectivity index (χ2v) is 5.12. The Morgan fingerprint density at radius 3 is 2.45 bits per heavy atom. The molecule has 6 heteroatoms. The van der Waals surface area contributed by atoms with E-state index >= 15 is 0 Å². The van der Waals surface area contributed by atoms with Gasteiger partial charge in [0.15, 0.2) is 0 Å². The Balaban J connectivity index is 2.24. The molecule has 20 heavy (non-hydrogen) atoms. The van der Waals surface area contributed by atoms with Gasteiger partial charge in [0.05, 0.1) is 4.92 Å². The van der Waals surface area contributed by atoms with Crippen LogP contribution in [0.15, 0.2) is 40.9 Å². The molecule has 2 N–H and O–H groups in total. The first kappa shape index (κ1) is 14.5. The van der Waals surface area contributed by atoms with Crippen molar-refractivity contribution >= 4 is 21.6 Å². The van der Waals surface area contributed by atoms with Crippen molar-refractivity contribution in [1.82, 2.24) is 0 Å². The summed E-state index contributed by atoms with van der Waals surface area (Å²) in [6.07, 6.45) is 0. The number of nitro benzene ring substituents is 1. The lowest BCUT2D eigenvalue weighted by Crippen LogP contribution is -1.97. The van der Waals surface area contributed by atoms with Crippen LogP contribution in [0.3, 0.4) is 0 Å². The van der Waals surface area contributed by atoms with Crippen LogP contribution in [0.25, 0.3) is 0 Å². The van der Waals surface area contributed by atoms with Crippen molar-refractivity contribution in [2.24, 2.45) is 5.73 Å². The number of rotatable bonds is 4. The monoisotopic (exact) mass is 336 g/mol. The van der Waals surface area contributed by atoms with Crippen molar-refractivity contribution in [1.29, 1.82) is 0 Å². The van der Waals surface area contributed by atoms with Gasteiger partial charge in [-0.1, -0.05) is 22.0 Å². The maximum atomic E-state index is 10.8. The average molecular weight is 337 g/mol. The van der Waals surface area contributed by atoms with Gasteiger partial charge in [-0.25, -0.2) is 0 Å². The van der Waals surface area contributed by atoms with Gasteiger partial charge in [0, 0.05) is 22.6 Å². The molecule has 2 rings (SSSR count). The molecule has 0 atom stereocenters. The smallest absolute Gasteiger partial charge is 0.272 e. The summed E-state index contributed by atoms with van der Waals surface area (Å²) >= 11 is 3.42. The second-order valence-electron chi connectivity index (χ2n) is 4.26. The third-order valence-corrected chi connectivity index (χ3v) is 3.58. The predicted molar refractivity (Wildman–Crippen MR) is 79.9 cm³/mol. The Kier molecular flexibility index (Phi) is 4.36. The molecule has 0 amide bonds. The van der Waals surface area contributed by atoms with Crippen molar-refractivity contribution in [3.8, 4) is 11.5 Å². The van der Waals surface area contributed by atoms with Gasteiger partial charge in [-0.3, -0.25) is 10.1 Å². The maximum Gasteiger partial charge on any atom is 0.272 e. The van der Waals surface area contributed by atoms with E-state index < -0.39 is 4.92 Å². The molecule has 0 radical (unpaired) electrons. The minimum atomic E-state index is -0.411. The highest BCUT2D eigenvalue weighted by molar-refractivity contribution is 9.10. The number of nitrogens with zero attached hydrogens (tertiary/aromatic N) is 1. The topological polar surface area (TPSA) is 78.4 Å². The zero-order chi connectivity index (χ0) is 14.7. The van der Waals surface area contributed by atoms with Crippen LogP contribution < -0.4 is 10.5 Å². The fourth-order valence-electron chi connectivity index (χ4n) is 1.79. The van der Waals surface area contributed by atoms with E-state index in [0.717, 1.165) is 10.0 Å². The summed E-state index contributed by atoms with van der Waals surface area (Å²) in [5.41, 5.74) is 7.21. The molecule has 5 nitrogen and oxygen atoms in total. The van der Waals surface area contributed by atoms with Gasteiger partial charge in [0.1, 0.15) is 11.5 Å². The van der Waals surface area contributed by atoms with E-state index in [-0.39, 0.29) is 5.69 Å². The van der Waals surface area contributed by atoms with E-state index in [4.69, 9.17) is 10.5 Å². The van der Waals surface area contributed by atoms with Crippen LogP contribution in [0.2, 0.25) is 0 Å². The molecular weight excluding hydrogens is 324 g/mol. The first-order chi connectivity index (χ1) is 9.51. The van der Waals surface area contributed by atoms with E-state index in [9.17, 15) is 10.1 Å². The molecule has 0 fully saturated rings. The van der Waals surface area contributed by atoms with Gasteiger partial charge in [-0.15, -0.1) is 0 Å². The summed E-state index contributed by atoms with van der Waals surface area (Å²) in [4.78, 5) is 10.3. The van der Waals surface area contributed by atoms with Gasteiger partial charge in [-0.2, -0.15) is 0 Å². The molecule has 2 aromatic carbocycles. The minimum Gasteiger partial charge on any atom is -0.457 e. The van der Waals surface area contributed by atoms with Gasteiger partial charge >= 0.3 is 0 Å². The zero-order valence-corrected chi connectivity index (χ0v) is 12.4. The number of ether oxygens (including phenoxy) is 1. The Morgan fingerprint density at radius 2 is 1.90 bits per heavy atom. The largest absolute Gasteiger partial charge is 0.457 e. The van der Waals surface area contributed by atoms with E-state index in [1.54, 1.807) is 19.1 Å². The van der Waals surface area contributed by atoms with E-state index in [1.807, 2.05) is 18.2 Å². The summed E-state index contributed by atoms with van der Waals surface area (Å²) in [6, 6.07) is 10.2. The molecule has 0 aliphatic rings. The molecular formula is C14H13BrN2O3. The van der Waals surface area contributed by atoms with Gasteiger partial charge in [0.2, 0.25) is 0 Å². The number of nitro groups is 1. The van der Waals surface area contributed by atoms with Gasteiger partial charge in [0.25, 0.3) is 5.69 Å². The van der Waals surface area contributed by atoms with Crippen LogP contribution in [0.4, 0.5) is 5.69 Å². The lowest BCUT2D eigenvalue weighted by atomic mass is 10.2. The quantitative estimate of drug-likeness (QED) is 0.677. The first-order valence-electron chi connectivity index (χ1n) is 5.92. The minimum absolute atomic E-state index is 0.0806. The fourth-order valence-corrected chi connectivity index (χ4v) is 2.31. The molecule has 0 aliphatic heterocycles. The molecule has 0 bridgehead atoms. The zero-order valence-electron chi connectivity index (χ0n) is 10.8.